The molecule has 0 saturated heterocycles. The van der Waals surface area contributed by atoms with Crippen LogP contribution in [0.3, 0.4) is 0 Å². The molecule has 1 aromatic heterocycles. The van der Waals surface area contributed by atoms with Crippen LogP contribution in [0.25, 0.3) is 0 Å². The minimum absolute atomic E-state index is 0.130. The maximum absolute atomic E-state index is 13.8. The molecule has 0 aliphatic heterocycles. The maximum Gasteiger partial charge on any atom is 0.352 e. The van der Waals surface area contributed by atoms with Crippen molar-refractivity contribution in [1.82, 2.24) is 9.88 Å². The topological polar surface area (TPSA) is 90.4 Å². The highest BCUT2D eigenvalue weighted by molar-refractivity contribution is 7.54. The van der Waals surface area contributed by atoms with Crippen molar-refractivity contribution >= 4 is 7.60 Å². The summed E-state index contributed by atoms with van der Waals surface area (Å²) in [5.41, 5.74) is 1.52. The molecule has 0 radical (unpaired) electrons. The number of pyridine rings is 1. The summed E-state index contributed by atoms with van der Waals surface area (Å²) in [6.45, 7) is 4.43. The highest BCUT2D eigenvalue weighted by Crippen LogP contribution is 2.63. The largest absolute Gasteiger partial charge is 0.502 e. The summed E-state index contributed by atoms with van der Waals surface area (Å²) < 4.78 is 35.7. The van der Waals surface area contributed by atoms with Gasteiger partial charge >= 0.3 is 7.60 Å². The molecule has 8 nitrogen and oxygen atoms in total. The Morgan fingerprint density at radius 2 is 1.72 bits per heavy atom. The Morgan fingerprint density at radius 1 is 1.14 bits per heavy atom. The van der Waals surface area contributed by atoms with Gasteiger partial charge in [0.15, 0.2) is 11.5 Å². The smallest absolute Gasteiger partial charge is 0.352 e. The van der Waals surface area contributed by atoms with Gasteiger partial charge in [0.1, 0.15) is 5.78 Å². The molecule has 1 heterocycles. The Hall–Kier alpha value is -2.12. The van der Waals surface area contributed by atoms with E-state index in [-0.39, 0.29) is 30.5 Å². The van der Waals surface area contributed by atoms with E-state index >= 15 is 0 Å². The summed E-state index contributed by atoms with van der Waals surface area (Å²) >= 11 is 0. The van der Waals surface area contributed by atoms with Crippen molar-refractivity contribution in [3.05, 3.63) is 47.8 Å². The molecule has 2 rings (SSSR count). The minimum Gasteiger partial charge on any atom is -0.502 e. The third kappa shape index (κ3) is 5.48. The van der Waals surface area contributed by atoms with Crippen LogP contribution >= 0.6 is 7.60 Å². The Bertz CT molecular complexity index is 798. The third-order valence-corrected chi connectivity index (χ3v) is 6.82. The Labute approximate surface area is 171 Å². The lowest BCUT2D eigenvalue weighted by molar-refractivity contribution is 0.174. The van der Waals surface area contributed by atoms with E-state index in [1.807, 2.05) is 24.1 Å². The van der Waals surface area contributed by atoms with Gasteiger partial charge in [0.25, 0.3) is 0 Å². The second kappa shape index (κ2) is 10.6. The molecule has 1 atom stereocenters. The van der Waals surface area contributed by atoms with Crippen LogP contribution in [0, 0.1) is 0 Å². The van der Waals surface area contributed by atoms with E-state index in [9.17, 15) is 9.67 Å². The number of rotatable bonds is 11. The summed E-state index contributed by atoms with van der Waals surface area (Å²) in [5, 5.41) is 10.3. The number of benzene rings is 1. The van der Waals surface area contributed by atoms with Crippen molar-refractivity contribution in [3.63, 3.8) is 0 Å². The molecular formula is C20H29N2O6P. The number of phenolic OH excluding ortho intramolecular Hbond substituents is 1. The van der Waals surface area contributed by atoms with Crippen LogP contribution in [0.2, 0.25) is 0 Å². The van der Waals surface area contributed by atoms with Gasteiger partial charge in [-0.25, -0.2) is 0 Å². The second-order valence-electron chi connectivity index (χ2n) is 6.30. The molecular weight excluding hydrogens is 395 g/mol. The molecule has 0 saturated carbocycles. The van der Waals surface area contributed by atoms with E-state index in [0.717, 1.165) is 5.56 Å². The van der Waals surface area contributed by atoms with Gasteiger partial charge < -0.3 is 23.6 Å². The van der Waals surface area contributed by atoms with Crippen LogP contribution in [0.15, 0.2) is 36.7 Å². The van der Waals surface area contributed by atoms with E-state index in [1.54, 1.807) is 38.4 Å². The highest BCUT2D eigenvalue weighted by Gasteiger charge is 2.40. The van der Waals surface area contributed by atoms with Gasteiger partial charge in [-0.2, -0.15) is 0 Å². The van der Waals surface area contributed by atoms with Crippen molar-refractivity contribution in [2.75, 3.05) is 34.5 Å². The Kier molecular flexibility index (Phi) is 8.46. The molecule has 29 heavy (non-hydrogen) atoms. The Morgan fingerprint density at radius 3 is 2.17 bits per heavy atom. The van der Waals surface area contributed by atoms with Crippen LogP contribution in [-0.4, -0.2) is 49.5 Å². The number of aromatic hydroxyl groups is 1. The van der Waals surface area contributed by atoms with Crippen LogP contribution in [0.4, 0.5) is 0 Å². The number of ether oxygens (including phenoxy) is 2. The molecule has 0 amide bonds. The maximum atomic E-state index is 13.8. The van der Waals surface area contributed by atoms with Crippen molar-refractivity contribution in [1.29, 1.82) is 0 Å². The average molecular weight is 424 g/mol. The molecule has 9 heteroatoms. The Balaban J connectivity index is 2.58. The van der Waals surface area contributed by atoms with Gasteiger partial charge in [0.05, 0.1) is 27.4 Å². The highest BCUT2D eigenvalue weighted by atomic mass is 31.2. The average Bonchev–Trinajstić information content (AvgIpc) is 2.70. The first-order valence-electron chi connectivity index (χ1n) is 9.32. The standard InChI is InChI=1S/C20H29N2O6P/c1-6-27-29(24,28-7-2)20(22(3)14-15-9-8-10-21-13-15)16-11-17(25-4)19(23)18(12-16)26-5/h8-13,20,23H,6-7,14H2,1-5H3. The number of hydrogen-bond donors (Lipinski definition) is 1. The van der Waals surface area contributed by atoms with E-state index in [0.29, 0.717) is 12.1 Å². The lowest BCUT2D eigenvalue weighted by Crippen LogP contribution is -2.26. The van der Waals surface area contributed by atoms with Crippen LogP contribution in [-0.2, 0) is 20.2 Å². The predicted octanol–water partition coefficient (Wildman–Crippen LogP) is 4.20. The monoisotopic (exact) mass is 424 g/mol. The predicted molar refractivity (Wildman–Crippen MR) is 111 cm³/mol. The summed E-state index contributed by atoms with van der Waals surface area (Å²) in [4.78, 5) is 6.01. The molecule has 160 valence electrons. The normalized spacial score (nSPS) is 12.8. The quantitative estimate of drug-likeness (QED) is 0.537. The number of methoxy groups -OCH3 is 2. The van der Waals surface area contributed by atoms with Crippen molar-refractivity contribution in [3.8, 4) is 17.2 Å². The number of phenols is 1. The summed E-state index contributed by atoms with van der Waals surface area (Å²) in [7, 11) is 1.10. The van der Waals surface area contributed by atoms with E-state index < -0.39 is 13.4 Å². The molecule has 1 unspecified atom stereocenters. The van der Waals surface area contributed by atoms with Gasteiger partial charge in [-0.05, 0) is 50.2 Å². The van der Waals surface area contributed by atoms with E-state index in [2.05, 4.69) is 4.98 Å². The zero-order valence-corrected chi connectivity index (χ0v) is 18.4. The van der Waals surface area contributed by atoms with Crippen LogP contribution in [0.5, 0.6) is 17.2 Å². The molecule has 0 spiro atoms. The molecule has 1 aromatic carbocycles. The molecule has 1 N–H and O–H groups in total. The molecule has 0 fully saturated rings. The van der Waals surface area contributed by atoms with Crippen molar-refractivity contribution < 1.29 is 28.2 Å². The lowest BCUT2D eigenvalue weighted by atomic mass is 10.1. The van der Waals surface area contributed by atoms with Gasteiger partial charge in [-0.3, -0.25) is 14.4 Å². The zero-order valence-electron chi connectivity index (χ0n) is 17.5. The zero-order chi connectivity index (χ0) is 21.4. The number of nitrogens with zero attached hydrogens (tertiary/aromatic N) is 2. The van der Waals surface area contributed by atoms with E-state index in [1.165, 1.54) is 14.2 Å². The number of aromatic nitrogens is 1. The van der Waals surface area contributed by atoms with Crippen LogP contribution in [0.1, 0.15) is 30.8 Å². The first-order chi connectivity index (χ1) is 13.9. The molecule has 0 aliphatic rings. The molecule has 0 aliphatic carbocycles. The summed E-state index contributed by atoms with van der Waals surface area (Å²) in [5.74, 6) is -0.474. The first-order valence-corrected chi connectivity index (χ1v) is 10.9. The first kappa shape index (κ1) is 23.2. The van der Waals surface area contributed by atoms with Gasteiger partial charge in [-0.15, -0.1) is 0 Å². The SMILES string of the molecule is CCOP(=O)(OCC)C(c1cc(OC)c(O)c(OC)c1)N(C)Cc1cccnc1. The molecule has 0 bridgehead atoms. The third-order valence-electron chi connectivity index (χ3n) is 4.29. The minimum atomic E-state index is -3.61. The van der Waals surface area contributed by atoms with Gasteiger partial charge in [0.2, 0.25) is 5.75 Å². The van der Waals surface area contributed by atoms with E-state index in [4.69, 9.17) is 18.5 Å². The summed E-state index contributed by atoms with van der Waals surface area (Å²) in [6.07, 6.45) is 3.44. The fourth-order valence-corrected chi connectivity index (χ4v) is 5.30. The van der Waals surface area contributed by atoms with Crippen molar-refractivity contribution in [2.24, 2.45) is 0 Å². The van der Waals surface area contributed by atoms with Gasteiger partial charge in [0, 0.05) is 18.9 Å². The van der Waals surface area contributed by atoms with Gasteiger partial charge in [-0.1, -0.05) is 6.07 Å². The second-order valence-corrected chi connectivity index (χ2v) is 8.38. The summed E-state index contributed by atoms with van der Waals surface area (Å²) in [6, 6.07) is 7.01. The number of hydrogen-bond acceptors (Lipinski definition) is 8. The van der Waals surface area contributed by atoms with Crippen LogP contribution < -0.4 is 9.47 Å². The van der Waals surface area contributed by atoms with Crippen molar-refractivity contribution in [2.45, 2.75) is 26.2 Å². The fourth-order valence-electron chi connectivity index (χ4n) is 3.15. The fraction of sp³-hybridized carbons (Fsp3) is 0.450. The molecule has 2 aromatic rings. The lowest BCUT2D eigenvalue weighted by Gasteiger charge is -2.34.